The zero-order valence-electron chi connectivity index (χ0n) is 19.6. The van der Waals surface area contributed by atoms with Gasteiger partial charge in [-0.1, -0.05) is 25.5 Å². The molecule has 2 N–H and O–H groups in total. The van der Waals surface area contributed by atoms with Gasteiger partial charge in [0.2, 0.25) is 0 Å². The number of carbonyl (C=O) groups is 2. The van der Waals surface area contributed by atoms with Crippen LogP contribution in [-0.2, 0) is 27.3 Å². The molecule has 0 aliphatic rings. The molecular weight excluding hydrogens is 426 g/mol. The number of benzene rings is 2. The van der Waals surface area contributed by atoms with Crippen LogP contribution in [0.5, 0.6) is 11.5 Å². The minimum atomic E-state index is -1.06. The highest BCUT2D eigenvalue weighted by atomic mass is 16.5. The maximum absolute atomic E-state index is 12.3. The monoisotopic (exact) mass is 459 g/mol. The molecule has 1 unspecified atom stereocenters. The molecule has 0 aliphatic carbocycles. The van der Waals surface area contributed by atoms with E-state index in [-0.39, 0.29) is 19.1 Å². The second kappa shape index (κ2) is 13.3. The molecule has 0 radical (unpaired) electrons. The first-order valence-corrected chi connectivity index (χ1v) is 11.0. The minimum absolute atomic E-state index is 0.0912. The van der Waals surface area contributed by atoms with Crippen LogP contribution in [-0.4, -0.2) is 43.1 Å². The number of ether oxygens (including phenoxy) is 4. The number of carbonyl (C=O) groups excluding carboxylic acids is 1. The third-order valence-corrected chi connectivity index (χ3v) is 4.70. The summed E-state index contributed by atoms with van der Waals surface area (Å²) in [6.45, 7) is 6.43. The van der Waals surface area contributed by atoms with Crippen molar-refractivity contribution in [3.05, 3.63) is 53.6 Å². The van der Waals surface area contributed by atoms with Crippen molar-refractivity contribution in [2.45, 2.75) is 58.8 Å². The molecule has 0 spiro atoms. The number of aliphatic carboxylic acids is 1. The fraction of sp³-hybridized carbons (Fsp3) is 0.440. The lowest BCUT2D eigenvalue weighted by molar-refractivity contribution is -0.153. The van der Waals surface area contributed by atoms with Gasteiger partial charge in [-0.3, -0.25) is 5.32 Å². The van der Waals surface area contributed by atoms with Crippen LogP contribution in [0.4, 0.5) is 10.5 Å². The molecule has 0 aromatic heterocycles. The molecule has 1 amide bonds. The van der Waals surface area contributed by atoms with Crippen LogP contribution in [0.1, 0.15) is 44.7 Å². The molecule has 2 aromatic rings. The number of unbranched alkanes of at least 4 members (excludes halogenated alkanes) is 1. The van der Waals surface area contributed by atoms with E-state index in [1.165, 1.54) is 7.11 Å². The Labute approximate surface area is 194 Å². The Morgan fingerprint density at radius 1 is 1.09 bits per heavy atom. The lowest BCUT2D eigenvalue weighted by Gasteiger charge is -2.18. The van der Waals surface area contributed by atoms with Crippen molar-refractivity contribution < 1.29 is 33.6 Å². The first kappa shape index (κ1) is 26.0. The van der Waals surface area contributed by atoms with Crippen molar-refractivity contribution in [2.24, 2.45) is 0 Å². The van der Waals surface area contributed by atoms with Crippen LogP contribution in [0, 0.1) is 0 Å². The minimum Gasteiger partial charge on any atom is -0.496 e. The van der Waals surface area contributed by atoms with Gasteiger partial charge < -0.3 is 24.1 Å². The fourth-order valence-corrected chi connectivity index (χ4v) is 3.06. The zero-order valence-corrected chi connectivity index (χ0v) is 19.6. The highest BCUT2D eigenvalue weighted by molar-refractivity contribution is 5.85. The van der Waals surface area contributed by atoms with Crippen LogP contribution in [0.25, 0.3) is 0 Å². The fourth-order valence-electron chi connectivity index (χ4n) is 3.06. The predicted molar refractivity (Wildman–Crippen MR) is 125 cm³/mol. The van der Waals surface area contributed by atoms with Crippen LogP contribution in [0.3, 0.4) is 0 Å². The highest BCUT2D eigenvalue weighted by Gasteiger charge is 2.22. The summed E-state index contributed by atoms with van der Waals surface area (Å²) in [5.41, 5.74) is 1.89. The van der Waals surface area contributed by atoms with Gasteiger partial charge >= 0.3 is 12.1 Å². The van der Waals surface area contributed by atoms with Crippen LogP contribution in [0.15, 0.2) is 42.5 Å². The third kappa shape index (κ3) is 9.02. The highest BCUT2D eigenvalue weighted by Crippen LogP contribution is 2.25. The van der Waals surface area contributed by atoms with E-state index in [0.29, 0.717) is 23.6 Å². The number of anilines is 1. The summed E-state index contributed by atoms with van der Waals surface area (Å²) >= 11 is 0. The summed E-state index contributed by atoms with van der Waals surface area (Å²) in [6, 6.07) is 12.4. The number of rotatable bonds is 13. The van der Waals surface area contributed by atoms with E-state index in [9.17, 15) is 14.7 Å². The van der Waals surface area contributed by atoms with E-state index in [4.69, 9.17) is 18.9 Å². The molecule has 2 rings (SSSR count). The quantitative estimate of drug-likeness (QED) is 0.404. The van der Waals surface area contributed by atoms with Crippen molar-refractivity contribution >= 4 is 17.7 Å². The summed E-state index contributed by atoms with van der Waals surface area (Å²) in [7, 11) is 1.50. The lowest BCUT2D eigenvalue weighted by Crippen LogP contribution is -2.29. The topological polar surface area (TPSA) is 103 Å². The molecule has 0 fully saturated rings. The van der Waals surface area contributed by atoms with Gasteiger partial charge in [0.15, 0.2) is 6.10 Å². The van der Waals surface area contributed by atoms with Gasteiger partial charge in [-0.05, 0) is 61.7 Å². The summed E-state index contributed by atoms with van der Waals surface area (Å²) in [5.74, 6) is 0.225. The van der Waals surface area contributed by atoms with Gasteiger partial charge in [-0.25, -0.2) is 9.59 Å². The molecule has 0 bridgehead atoms. The van der Waals surface area contributed by atoms with E-state index < -0.39 is 18.2 Å². The maximum atomic E-state index is 12.3. The van der Waals surface area contributed by atoms with Crippen molar-refractivity contribution in [3.8, 4) is 11.5 Å². The SMILES string of the molecule is CCCCOc1ccc(COC(=O)Nc2ccc(OC)c(CC(OC(C)C)C(=O)O)c2)cc1. The Morgan fingerprint density at radius 2 is 1.82 bits per heavy atom. The number of hydrogen-bond donors (Lipinski definition) is 2. The van der Waals surface area contributed by atoms with Crippen LogP contribution < -0.4 is 14.8 Å². The molecule has 0 aliphatic heterocycles. The second-order valence-electron chi connectivity index (χ2n) is 7.79. The standard InChI is InChI=1S/C25H33NO7/c1-5-6-13-31-21-10-7-18(8-11-21)16-32-25(29)26-20-9-12-22(30-4)19(14-20)15-23(24(27)28)33-17(2)3/h7-12,14,17,23H,5-6,13,15-16H2,1-4H3,(H,26,29)(H,27,28). The molecule has 2 aromatic carbocycles. The molecule has 180 valence electrons. The molecule has 0 heterocycles. The van der Waals surface area contributed by atoms with Gasteiger partial charge in [-0.2, -0.15) is 0 Å². The van der Waals surface area contributed by atoms with Crippen molar-refractivity contribution in [1.29, 1.82) is 0 Å². The normalized spacial score (nSPS) is 11.7. The van der Waals surface area contributed by atoms with Gasteiger partial charge in [-0.15, -0.1) is 0 Å². The predicted octanol–water partition coefficient (Wildman–Crippen LogP) is 5.04. The molecular formula is C25H33NO7. The number of methoxy groups -OCH3 is 1. The summed E-state index contributed by atoms with van der Waals surface area (Å²) in [5, 5.41) is 12.1. The second-order valence-corrected chi connectivity index (χ2v) is 7.79. The van der Waals surface area contributed by atoms with Crippen LogP contribution >= 0.6 is 0 Å². The molecule has 8 heteroatoms. The summed E-state index contributed by atoms with van der Waals surface area (Å²) in [6.07, 6.45) is 0.263. The Bertz CT molecular complexity index is 896. The lowest BCUT2D eigenvalue weighted by atomic mass is 10.1. The first-order valence-electron chi connectivity index (χ1n) is 11.0. The Morgan fingerprint density at radius 3 is 2.42 bits per heavy atom. The maximum Gasteiger partial charge on any atom is 0.411 e. The average molecular weight is 460 g/mol. The van der Waals surface area contributed by atoms with E-state index >= 15 is 0 Å². The van der Waals surface area contributed by atoms with Crippen LogP contribution in [0.2, 0.25) is 0 Å². The number of hydrogen-bond acceptors (Lipinski definition) is 6. The van der Waals surface area contributed by atoms with Gasteiger partial charge in [0, 0.05) is 12.1 Å². The van der Waals surface area contributed by atoms with Gasteiger partial charge in [0.1, 0.15) is 18.1 Å². The van der Waals surface area contributed by atoms with E-state index in [0.717, 1.165) is 24.2 Å². The molecule has 33 heavy (non-hydrogen) atoms. The molecule has 8 nitrogen and oxygen atoms in total. The Kier molecular flexibility index (Phi) is 10.5. The van der Waals surface area contributed by atoms with Crippen molar-refractivity contribution in [2.75, 3.05) is 19.0 Å². The van der Waals surface area contributed by atoms with Gasteiger partial charge in [0.25, 0.3) is 0 Å². The smallest absolute Gasteiger partial charge is 0.411 e. The van der Waals surface area contributed by atoms with E-state index in [1.54, 1.807) is 32.0 Å². The van der Waals surface area contributed by atoms with Gasteiger partial charge in [0.05, 0.1) is 19.8 Å². The van der Waals surface area contributed by atoms with E-state index in [2.05, 4.69) is 12.2 Å². The molecule has 1 atom stereocenters. The number of amides is 1. The number of carboxylic acid groups (broad SMARTS) is 1. The zero-order chi connectivity index (χ0) is 24.2. The first-order chi connectivity index (χ1) is 15.8. The Balaban J connectivity index is 1.95. The molecule has 0 saturated heterocycles. The number of nitrogens with one attached hydrogen (secondary N) is 1. The van der Waals surface area contributed by atoms with Crippen molar-refractivity contribution in [1.82, 2.24) is 0 Å². The van der Waals surface area contributed by atoms with E-state index in [1.807, 2.05) is 24.3 Å². The summed E-state index contributed by atoms with van der Waals surface area (Å²) < 4.78 is 21.7. The summed E-state index contributed by atoms with van der Waals surface area (Å²) in [4.78, 5) is 23.8. The average Bonchev–Trinajstić information content (AvgIpc) is 2.78. The molecule has 0 saturated carbocycles. The Hall–Kier alpha value is -3.26. The number of carboxylic acids is 1. The van der Waals surface area contributed by atoms with Crippen molar-refractivity contribution in [3.63, 3.8) is 0 Å². The third-order valence-electron chi connectivity index (χ3n) is 4.70. The largest absolute Gasteiger partial charge is 0.496 e.